The van der Waals surface area contributed by atoms with Crippen LogP contribution in [0.25, 0.3) is 0 Å². The Morgan fingerprint density at radius 1 is 1.35 bits per heavy atom. The Balaban J connectivity index is 1.84. The second kappa shape index (κ2) is 5.07. The van der Waals surface area contributed by atoms with Crippen LogP contribution in [0.1, 0.15) is 23.2 Å². The van der Waals surface area contributed by atoms with Gasteiger partial charge in [-0.25, -0.2) is 0 Å². The number of ether oxygens (including phenoxy) is 1. The van der Waals surface area contributed by atoms with Crippen molar-refractivity contribution in [1.29, 1.82) is 0 Å². The Hall–Kier alpha value is -2.17. The Kier molecular flexibility index (Phi) is 3.26. The van der Waals surface area contributed by atoms with Gasteiger partial charge in [0, 0.05) is 18.5 Å². The van der Waals surface area contributed by atoms with E-state index in [0.29, 0.717) is 37.3 Å². The molecule has 1 aromatic rings. The van der Waals surface area contributed by atoms with Crippen LogP contribution >= 0.6 is 0 Å². The summed E-state index contributed by atoms with van der Waals surface area (Å²) in [5, 5.41) is 0. The monoisotopic (exact) mass is 272 g/mol. The third-order valence-electron chi connectivity index (χ3n) is 3.82. The van der Waals surface area contributed by atoms with Gasteiger partial charge in [-0.2, -0.15) is 0 Å². The number of hydrogen-bond donors (Lipinski definition) is 0. The molecule has 3 rings (SSSR count). The largest absolute Gasteiger partial charge is 0.497 e. The molecule has 5 nitrogen and oxygen atoms in total. The van der Waals surface area contributed by atoms with E-state index in [1.807, 2.05) is 0 Å². The first-order chi connectivity index (χ1) is 9.70. The van der Waals surface area contributed by atoms with Gasteiger partial charge in [-0.15, -0.1) is 0 Å². The van der Waals surface area contributed by atoms with Gasteiger partial charge in [0.2, 0.25) is 5.91 Å². The van der Waals surface area contributed by atoms with E-state index in [2.05, 4.69) is 4.99 Å². The third kappa shape index (κ3) is 2.09. The van der Waals surface area contributed by atoms with Crippen LogP contribution in [0.15, 0.2) is 29.3 Å². The second-order valence-corrected chi connectivity index (χ2v) is 4.97. The molecule has 0 aliphatic carbocycles. The Morgan fingerprint density at radius 2 is 2.10 bits per heavy atom. The number of piperidine rings is 1. The van der Waals surface area contributed by atoms with E-state index in [-0.39, 0.29) is 17.6 Å². The van der Waals surface area contributed by atoms with Crippen molar-refractivity contribution in [3.8, 4) is 5.75 Å². The molecule has 0 saturated carbocycles. The maximum absolute atomic E-state index is 12.6. The number of hydrogen-bond acceptors (Lipinski definition) is 4. The van der Waals surface area contributed by atoms with E-state index in [4.69, 9.17) is 4.74 Å². The molecule has 1 saturated heterocycles. The van der Waals surface area contributed by atoms with Crippen molar-refractivity contribution in [2.45, 2.75) is 12.8 Å². The summed E-state index contributed by atoms with van der Waals surface area (Å²) in [5.74, 6) is 1.21. The molecule has 0 aromatic heterocycles. The number of amides is 1. The van der Waals surface area contributed by atoms with Gasteiger partial charge in [0.25, 0.3) is 0 Å². The SMILES string of the molecule is COc1ccc(C(=O)C2CCC(=O)N3CCN=C23)cc1. The van der Waals surface area contributed by atoms with Gasteiger partial charge in [0.1, 0.15) is 11.6 Å². The lowest BCUT2D eigenvalue weighted by Gasteiger charge is -2.29. The molecule has 20 heavy (non-hydrogen) atoms. The van der Waals surface area contributed by atoms with Gasteiger partial charge in [-0.1, -0.05) is 0 Å². The summed E-state index contributed by atoms with van der Waals surface area (Å²) in [6.45, 7) is 1.22. The molecule has 1 amide bonds. The number of ketones is 1. The summed E-state index contributed by atoms with van der Waals surface area (Å²) in [6.07, 6.45) is 0.977. The summed E-state index contributed by atoms with van der Waals surface area (Å²) in [4.78, 5) is 30.4. The molecule has 1 aromatic carbocycles. The smallest absolute Gasteiger partial charge is 0.227 e. The highest BCUT2D eigenvalue weighted by atomic mass is 16.5. The first kappa shape index (κ1) is 12.8. The average molecular weight is 272 g/mol. The van der Waals surface area contributed by atoms with Crippen LogP contribution in [-0.2, 0) is 4.79 Å². The van der Waals surface area contributed by atoms with E-state index >= 15 is 0 Å². The van der Waals surface area contributed by atoms with E-state index < -0.39 is 0 Å². The molecule has 1 atom stereocenters. The fourth-order valence-corrected chi connectivity index (χ4v) is 2.75. The molecule has 5 heteroatoms. The predicted molar refractivity (Wildman–Crippen MR) is 74.1 cm³/mol. The van der Waals surface area contributed by atoms with Crippen molar-refractivity contribution in [1.82, 2.24) is 4.90 Å². The lowest BCUT2D eigenvalue weighted by molar-refractivity contribution is -0.128. The molecule has 1 fully saturated rings. The summed E-state index contributed by atoms with van der Waals surface area (Å²) in [7, 11) is 1.59. The van der Waals surface area contributed by atoms with Crippen molar-refractivity contribution in [3.05, 3.63) is 29.8 Å². The van der Waals surface area contributed by atoms with Gasteiger partial charge < -0.3 is 4.74 Å². The lowest BCUT2D eigenvalue weighted by Crippen LogP contribution is -2.45. The zero-order chi connectivity index (χ0) is 14.1. The molecule has 0 spiro atoms. The zero-order valence-corrected chi connectivity index (χ0v) is 11.3. The van der Waals surface area contributed by atoms with Crippen molar-refractivity contribution < 1.29 is 14.3 Å². The molecular formula is C15H16N2O3. The molecule has 0 bridgehead atoms. The highest BCUT2D eigenvalue weighted by Crippen LogP contribution is 2.27. The highest BCUT2D eigenvalue weighted by molar-refractivity contribution is 6.17. The third-order valence-corrected chi connectivity index (χ3v) is 3.82. The van der Waals surface area contributed by atoms with Crippen LogP contribution in [0.2, 0.25) is 0 Å². The van der Waals surface area contributed by atoms with Gasteiger partial charge in [0.15, 0.2) is 5.78 Å². The minimum Gasteiger partial charge on any atom is -0.497 e. The molecule has 2 aliphatic rings. The molecular weight excluding hydrogens is 256 g/mol. The second-order valence-electron chi connectivity index (χ2n) is 4.97. The molecule has 0 N–H and O–H groups in total. The van der Waals surface area contributed by atoms with Crippen LogP contribution in [0, 0.1) is 5.92 Å². The van der Waals surface area contributed by atoms with Gasteiger partial charge >= 0.3 is 0 Å². The average Bonchev–Trinajstić information content (AvgIpc) is 2.97. The van der Waals surface area contributed by atoms with E-state index in [0.717, 1.165) is 5.75 Å². The number of amidine groups is 1. The molecule has 1 unspecified atom stereocenters. The molecule has 2 heterocycles. The normalized spacial score (nSPS) is 21.4. The number of carbonyl (C=O) groups excluding carboxylic acids is 2. The highest BCUT2D eigenvalue weighted by Gasteiger charge is 2.38. The lowest BCUT2D eigenvalue weighted by atomic mass is 9.88. The van der Waals surface area contributed by atoms with Crippen LogP contribution in [0.4, 0.5) is 0 Å². The topological polar surface area (TPSA) is 59.0 Å². The summed E-state index contributed by atoms with van der Waals surface area (Å²) in [5.41, 5.74) is 0.639. The fourth-order valence-electron chi connectivity index (χ4n) is 2.75. The van der Waals surface area contributed by atoms with Crippen LogP contribution in [0.5, 0.6) is 5.75 Å². The van der Waals surface area contributed by atoms with Gasteiger partial charge in [-0.3, -0.25) is 19.5 Å². The maximum Gasteiger partial charge on any atom is 0.227 e. The molecule has 2 aliphatic heterocycles. The Bertz CT molecular complexity index is 577. The van der Waals surface area contributed by atoms with Crippen LogP contribution in [-0.4, -0.2) is 42.6 Å². The minimum atomic E-state index is -0.288. The maximum atomic E-state index is 12.6. The number of carbonyl (C=O) groups is 2. The predicted octanol–water partition coefficient (Wildman–Crippen LogP) is 1.53. The first-order valence-electron chi connectivity index (χ1n) is 6.73. The first-order valence-corrected chi connectivity index (χ1v) is 6.73. The number of methoxy groups -OCH3 is 1. The number of rotatable bonds is 3. The number of fused-ring (bicyclic) bond motifs is 1. The Morgan fingerprint density at radius 3 is 2.80 bits per heavy atom. The minimum absolute atomic E-state index is 0.0332. The van der Waals surface area contributed by atoms with Crippen molar-refractivity contribution in [2.75, 3.05) is 20.2 Å². The van der Waals surface area contributed by atoms with E-state index in [9.17, 15) is 9.59 Å². The van der Waals surface area contributed by atoms with Crippen molar-refractivity contribution >= 4 is 17.5 Å². The number of nitrogens with zero attached hydrogens (tertiary/aromatic N) is 2. The summed E-state index contributed by atoms with van der Waals surface area (Å²) >= 11 is 0. The van der Waals surface area contributed by atoms with E-state index in [1.54, 1.807) is 36.3 Å². The van der Waals surface area contributed by atoms with Gasteiger partial charge in [-0.05, 0) is 30.7 Å². The van der Waals surface area contributed by atoms with Crippen molar-refractivity contribution in [2.24, 2.45) is 10.9 Å². The van der Waals surface area contributed by atoms with Crippen LogP contribution < -0.4 is 4.74 Å². The van der Waals surface area contributed by atoms with Crippen LogP contribution in [0.3, 0.4) is 0 Å². The number of benzene rings is 1. The fraction of sp³-hybridized carbons (Fsp3) is 0.400. The zero-order valence-electron chi connectivity index (χ0n) is 11.3. The van der Waals surface area contributed by atoms with Crippen molar-refractivity contribution in [3.63, 3.8) is 0 Å². The standard InChI is InChI=1S/C15H16N2O3/c1-20-11-4-2-10(3-5-11)14(19)12-6-7-13(18)17-9-8-16-15(12)17/h2-5,12H,6-9H2,1H3. The van der Waals surface area contributed by atoms with E-state index in [1.165, 1.54) is 0 Å². The quantitative estimate of drug-likeness (QED) is 0.784. The number of Topliss-reactive ketones (excluding diaryl/α,β-unsaturated/α-hetero) is 1. The summed E-state index contributed by atoms with van der Waals surface area (Å²) < 4.78 is 5.09. The Labute approximate surface area is 117 Å². The summed E-state index contributed by atoms with van der Waals surface area (Å²) in [6, 6.07) is 7.07. The molecule has 104 valence electrons. The van der Waals surface area contributed by atoms with Gasteiger partial charge in [0.05, 0.1) is 19.6 Å². The molecule has 0 radical (unpaired) electrons. The number of aliphatic imine (C=N–C) groups is 1.